The topological polar surface area (TPSA) is 77.4 Å². The molecule has 0 spiro atoms. The highest BCUT2D eigenvalue weighted by Gasteiger charge is 2.30. The van der Waals surface area contributed by atoms with E-state index in [-0.39, 0.29) is 41.6 Å². The monoisotopic (exact) mass is 502 g/mol. The van der Waals surface area contributed by atoms with Gasteiger partial charge in [0.15, 0.2) is 5.96 Å². The van der Waals surface area contributed by atoms with Crippen LogP contribution >= 0.6 is 24.0 Å². The standard InChI is InChI=1S/C20H30N4O3.HI/c1-2-21-20(22-15-16-4-3-5-18(25)14-16)24-8-6-17(7-9-24)19(26)23-10-12-27-13-11-23;/h3-5,14,17,25H,2,6-13,15H2,1H3,(H,21,22);1H. The third-order valence-electron chi connectivity index (χ3n) is 5.12. The molecule has 2 heterocycles. The number of aliphatic imine (C=N–C) groups is 1. The number of carbonyl (C=O) groups excluding carboxylic acids is 1. The van der Waals surface area contributed by atoms with Crippen LogP contribution in [0.4, 0.5) is 0 Å². The van der Waals surface area contributed by atoms with Crippen LogP contribution in [0.1, 0.15) is 25.3 Å². The number of piperidine rings is 1. The molecule has 2 N–H and O–H groups in total. The number of aromatic hydroxyl groups is 1. The first kappa shape index (κ1) is 22.7. The normalized spacial score (nSPS) is 18.5. The molecule has 0 bridgehead atoms. The summed E-state index contributed by atoms with van der Waals surface area (Å²) in [5.74, 6) is 1.52. The molecular weight excluding hydrogens is 471 g/mol. The SMILES string of the molecule is CCNC(=NCc1cccc(O)c1)N1CCC(C(=O)N2CCOCC2)CC1.I. The predicted molar refractivity (Wildman–Crippen MR) is 120 cm³/mol. The Hall–Kier alpha value is -1.55. The quantitative estimate of drug-likeness (QED) is 0.375. The number of rotatable bonds is 4. The summed E-state index contributed by atoms with van der Waals surface area (Å²) in [5, 5.41) is 12.9. The van der Waals surface area contributed by atoms with E-state index >= 15 is 0 Å². The van der Waals surface area contributed by atoms with Crippen LogP contribution in [0.15, 0.2) is 29.3 Å². The van der Waals surface area contributed by atoms with Crippen LogP contribution in [0.2, 0.25) is 0 Å². The fourth-order valence-corrected chi connectivity index (χ4v) is 3.63. The minimum Gasteiger partial charge on any atom is -0.508 e. The molecule has 8 heteroatoms. The van der Waals surface area contributed by atoms with Crippen molar-refractivity contribution in [3.05, 3.63) is 29.8 Å². The number of amides is 1. The number of nitrogens with one attached hydrogen (secondary N) is 1. The maximum absolute atomic E-state index is 12.7. The number of hydrogen-bond acceptors (Lipinski definition) is 4. The number of morpholine rings is 1. The lowest BCUT2D eigenvalue weighted by Gasteiger charge is -2.36. The Balaban J connectivity index is 0.00000280. The van der Waals surface area contributed by atoms with Crippen LogP contribution < -0.4 is 5.32 Å². The molecule has 1 aromatic carbocycles. The number of ether oxygens (including phenoxy) is 1. The van der Waals surface area contributed by atoms with E-state index in [1.54, 1.807) is 12.1 Å². The summed E-state index contributed by atoms with van der Waals surface area (Å²) in [5.41, 5.74) is 0.975. The molecule has 1 aromatic rings. The summed E-state index contributed by atoms with van der Waals surface area (Å²) in [4.78, 5) is 21.6. The Morgan fingerprint density at radius 1 is 1.21 bits per heavy atom. The second kappa shape index (κ2) is 11.5. The van der Waals surface area contributed by atoms with Gasteiger partial charge < -0.3 is 25.0 Å². The fourth-order valence-electron chi connectivity index (χ4n) is 3.63. The Labute approximate surface area is 184 Å². The highest BCUT2D eigenvalue weighted by Crippen LogP contribution is 2.21. The molecule has 2 aliphatic rings. The first-order valence-corrected chi connectivity index (χ1v) is 9.85. The number of halogens is 1. The molecule has 0 aliphatic carbocycles. The molecule has 28 heavy (non-hydrogen) atoms. The Bertz CT molecular complexity index is 657. The molecule has 156 valence electrons. The Kier molecular flexibility index (Phi) is 9.30. The molecular formula is C20H31IN4O3. The van der Waals surface area contributed by atoms with Crippen molar-refractivity contribution in [3.63, 3.8) is 0 Å². The number of guanidine groups is 1. The van der Waals surface area contributed by atoms with Crippen LogP contribution in [-0.4, -0.2) is 72.7 Å². The second-order valence-electron chi connectivity index (χ2n) is 7.04. The van der Waals surface area contributed by atoms with E-state index in [2.05, 4.69) is 17.1 Å². The van der Waals surface area contributed by atoms with Gasteiger partial charge in [0, 0.05) is 38.6 Å². The summed E-state index contributed by atoms with van der Waals surface area (Å²) in [6, 6.07) is 7.19. The Morgan fingerprint density at radius 2 is 1.93 bits per heavy atom. The molecule has 2 fully saturated rings. The Morgan fingerprint density at radius 3 is 2.57 bits per heavy atom. The van der Waals surface area contributed by atoms with Crippen LogP contribution in [0.5, 0.6) is 5.75 Å². The van der Waals surface area contributed by atoms with Gasteiger partial charge in [-0.1, -0.05) is 12.1 Å². The average Bonchev–Trinajstić information content (AvgIpc) is 2.71. The van der Waals surface area contributed by atoms with Gasteiger partial charge in [-0.2, -0.15) is 0 Å². The van der Waals surface area contributed by atoms with E-state index < -0.39 is 0 Å². The number of hydrogen-bond donors (Lipinski definition) is 2. The van der Waals surface area contributed by atoms with Crippen molar-refractivity contribution in [2.75, 3.05) is 45.9 Å². The van der Waals surface area contributed by atoms with Crippen LogP contribution in [0.25, 0.3) is 0 Å². The lowest BCUT2D eigenvalue weighted by molar-refractivity contribution is -0.140. The zero-order valence-corrected chi connectivity index (χ0v) is 18.8. The van der Waals surface area contributed by atoms with Crippen LogP contribution in [0.3, 0.4) is 0 Å². The minimum atomic E-state index is 0. The number of carbonyl (C=O) groups is 1. The molecule has 0 saturated carbocycles. The minimum absolute atomic E-state index is 0. The van der Waals surface area contributed by atoms with Crippen molar-refractivity contribution in [2.24, 2.45) is 10.9 Å². The van der Waals surface area contributed by atoms with E-state index in [0.717, 1.165) is 44.0 Å². The molecule has 7 nitrogen and oxygen atoms in total. The second-order valence-corrected chi connectivity index (χ2v) is 7.04. The lowest BCUT2D eigenvalue weighted by atomic mass is 9.95. The highest BCUT2D eigenvalue weighted by molar-refractivity contribution is 14.0. The van der Waals surface area contributed by atoms with Crippen molar-refractivity contribution in [1.82, 2.24) is 15.1 Å². The predicted octanol–water partition coefficient (Wildman–Crippen LogP) is 2.05. The number of benzene rings is 1. The summed E-state index contributed by atoms with van der Waals surface area (Å²) in [6.07, 6.45) is 1.71. The van der Waals surface area contributed by atoms with Gasteiger partial charge >= 0.3 is 0 Å². The maximum atomic E-state index is 12.7. The first-order chi connectivity index (χ1) is 13.2. The number of likely N-dealkylation sites (tertiary alicyclic amines) is 1. The number of nitrogens with zero attached hydrogens (tertiary/aromatic N) is 3. The number of phenols is 1. The highest BCUT2D eigenvalue weighted by atomic mass is 127. The molecule has 0 radical (unpaired) electrons. The van der Waals surface area contributed by atoms with E-state index in [1.165, 1.54) is 0 Å². The van der Waals surface area contributed by atoms with E-state index in [4.69, 9.17) is 9.73 Å². The van der Waals surface area contributed by atoms with Crippen molar-refractivity contribution in [3.8, 4) is 5.75 Å². The molecule has 1 amide bonds. The molecule has 2 saturated heterocycles. The zero-order chi connectivity index (χ0) is 19.1. The summed E-state index contributed by atoms with van der Waals surface area (Å²) >= 11 is 0. The third-order valence-corrected chi connectivity index (χ3v) is 5.12. The molecule has 0 atom stereocenters. The van der Waals surface area contributed by atoms with Crippen LogP contribution in [0, 0.1) is 5.92 Å². The van der Waals surface area contributed by atoms with E-state index in [9.17, 15) is 9.90 Å². The van der Waals surface area contributed by atoms with Crippen LogP contribution in [-0.2, 0) is 16.1 Å². The van der Waals surface area contributed by atoms with Gasteiger partial charge in [-0.3, -0.25) is 4.79 Å². The van der Waals surface area contributed by atoms with Gasteiger partial charge in [0.1, 0.15) is 5.75 Å². The van der Waals surface area contributed by atoms with E-state index in [0.29, 0.717) is 32.8 Å². The largest absolute Gasteiger partial charge is 0.508 e. The molecule has 3 rings (SSSR count). The molecule has 0 unspecified atom stereocenters. The molecule has 2 aliphatic heterocycles. The van der Waals surface area contributed by atoms with Gasteiger partial charge in [0.2, 0.25) is 5.91 Å². The van der Waals surface area contributed by atoms with Crippen molar-refractivity contribution >= 4 is 35.8 Å². The summed E-state index contributed by atoms with van der Waals surface area (Å²) in [7, 11) is 0. The van der Waals surface area contributed by atoms with Gasteiger partial charge in [0.25, 0.3) is 0 Å². The summed E-state index contributed by atoms with van der Waals surface area (Å²) < 4.78 is 5.34. The van der Waals surface area contributed by atoms with E-state index in [1.807, 2.05) is 17.0 Å². The van der Waals surface area contributed by atoms with Crippen molar-refractivity contribution < 1.29 is 14.6 Å². The fraction of sp³-hybridized carbons (Fsp3) is 0.600. The summed E-state index contributed by atoms with van der Waals surface area (Å²) in [6.45, 7) is 7.75. The smallest absolute Gasteiger partial charge is 0.225 e. The lowest BCUT2D eigenvalue weighted by Crippen LogP contribution is -2.50. The maximum Gasteiger partial charge on any atom is 0.225 e. The van der Waals surface area contributed by atoms with Crippen molar-refractivity contribution in [2.45, 2.75) is 26.3 Å². The van der Waals surface area contributed by atoms with Gasteiger partial charge in [-0.25, -0.2) is 4.99 Å². The first-order valence-electron chi connectivity index (χ1n) is 9.85. The van der Waals surface area contributed by atoms with Gasteiger partial charge in [-0.15, -0.1) is 24.0 Å². The average molecular weight is 502 g/mol. The van der Waals surface area contributed by atoms with Gasteiger partial charge in [-0.05, 0) is 37.5 Å². The third kappa shape index (κ3) is 6.23. The van der Waals surface area contributed by atoms with Crippen molar-refractivity contribution in [1.29, 1.82) is 0 Å². The molecule has 0 aromatic heterocycles. The number of phenolic OH excluding ortho intramolecular Hbond substituents is 1. The zero-order valence-electron chi connectivity index (χ0n) is 16.5. The van der Waals surface area contributed by atoms with Gasteiger partial charge in [0.05, 0.1) is 19.8 Å².